The lowest BCUT2D eigenvalue weighted by Gasteiger charge is -2.03. The van der Waals surface area contributed by atoms with Gasteiger partial charge < -0.3 is 0 Å². The number of alkyl halides is 4. The Balaban J connectivity index is 2.54. The molecule has 0 amide bonds. The van der Waals surface area contributed by atoms with E-state index in [1.807, 2.05) is 6.92 Å². The summed E-state index contributed by atoms with van der Waals surface area (Å²) < 4.78 is 36.6. The Hall–Kier alpha value is -0.290. The van der Waals surface area contributed by atoms with Gasteiger partial charge in [0.1, 0.15) is 0 Å². The van der Waals surface area contributed by atoms with E-state index in [0.29, 0.717) is 29.1 Å². The third kappa shape index (κ3) is 3.99. The highest BCUT2D eigenvalue weighted by Crippen LogP contribution is 2.32. The van der Waals surface area contributed by atoms with E-state index < -0.39 is 11.2 Å². The smallest absolute Gasteiger partial charge is 0.240 e. The highest BCUT2D eigenvalue weighted by Gasteiger charge is 2.34. The van der Waals surface area contributed by atoms with Crippen LogP contribution in [0.3, 0.4) is 0 Å². The zero-order chi connectivity index (χ0) is 11.5. The second-order valence-electron chi connectivity index (χ2n) is 3.17. The Morgan fingerprint density at radius 3 is 2.67 bits per heavy atom. The summed E-state index contributed by atoms with van der Waals surface area (Å²) in [5.74, 6) is 0. The maximum absolute atomic E-state index is 12.2. The van der Waals surface area contributed by atoms with Crippen LogP contribution in [0.2, 0.25) is 0 Å². The minimum atomic E-state index is -4.33. The van der Waals surface area contributed by atoms with Crippen molar-refractivity contribution in [3.05, 3.63) is 16.1 Å². The van der Waals surface area contributed by atoms with Gasteiger partial charge in [0.2, 0.25) is 0 Å². The first-order valence-electron chi connectivity index (χ1n) is 4.59. The molecule has 1 unspecified atom stereocenters. The molecule has 0 spiro atoms. The highest BCUT2D eigenvalue weighted by molar-refractivity contribution is 7.11. The van der Waals surface area contributed by atoms with Crippen LogP contribution in [0.25, 0.3) is 0 Å². The molecule has 1 aromatic heterocycles. The van der Waals surface area contributed by atoms with Crippen LogP contribution >= 0.6 is 22.9 Å². The average molecular weight is 258 g/mol. The molecule has 0 radical (unpaired) electrons. The normalized spacial score (nSPS) is 14.2. The Bertz CT molecular complexity index is 311. The molecule has 0 saturated carbocycles. The van der Waals surface area contributed by atoms with Crippen molar-refractivity contribution in [2.45, 2.75) is 37.7 Å². The zero-order valence-electron chi connectivity index (χ0n) is 8.14. The summed E-state index contributed by atoms with van der Waals surface area (Å²) in [5, 5.41) is -0.749. The summed E-state index contributed by atoms with van der Waals surface area (Å²) in [6.45, 7) is 1.95. The molecule has 0 N–H and O–H groups in total. The van der Waals surface area contributed by atoms with Crippen LogP contribution in [-0.4, -0.2) is 10.4 Å². The molecule has 0 aromatic carbocycles. The van der Waals surface area contributed by atoms with Gasteiger partial charge in [0.25, 0.3) is 0 Å². The molecule has 0 fully saturated rings. The van der Waals surface area contributed by atoms with Crippen molar-refractivity contribution < 1.29 is 13.2 Å². The monoisotopic (exact) mass is 257 g/mol. The minimum Gasteiger partial charge on any atom is -0.240 e. The molecule has 1 aromatic rings. The molecule has 0 aliphatic carbocycles. The van der Waals surface area contributed by atoms with Gasteiger partial charge in [-0.25, -0.2) is 4.98 Å². The summed E-state index contributed by atoms with van der Waals surface area (Å²) >= 11 is 6.57. The molecule has 86 valence electrons. The molecular formula is C9H11ClF3NS. The predicted molar refractivity (Wildman–Crippen MR) is 55.4 cm³/mol. The Morgan fingerprint density at radius 2 is 2.20 bits per heavy atom. The Labute approximate surface area is 95.3 Å². The van der Waals surface area contributed by atoms with E-state index in [1.165, 1.54) is 6.20 Å². The number of thiazole rings is 1. The van der Waals surface area contributed by atoms with Crippen molar-refractivity contribution in [2.75, 3.05) is 0 Å². The maximum Gasteiger partial charge on any atom is 0.443 e. The maximum atomic E-state index is 12.2. The predicted octanol–water partition coefficient (Wildman–Crippen LogP) is 4.11. The largest absolute Gasteiger partial charge is 0.443 e. The van der Waals surface area contributed by atoms with E-state index in [2.05, 4.69) is 4.98 Å². The van der Waals surface area contributed by atoms with E-state index >= 15 is 0 Å². The second kappa shape index (κ2) is 5.16. The molecular weight excluding hydrogens is 247 g/mol. The molecule has 0 bridgehead atoms. The number of rotatable bonds is 4. The average Bonchev–Trinajstić information content (AvgIpc) is 2.61. The molecule has 0 saturated heterocycles. The highest BCUT2D eigenvalue weighted by atomic mass is 35.5. The fourth-order valence-corrected chi connectivity index (χ4v) is 1.96. The summed E-state index contributed by atoms with van der Waals surface area (Å²) in [5.41, 5.74) is 0. The van der Waals surface area contributed by atoms with Crippen molar-refractivity contribution in [1.29, 1.82) is 0 Å². The quantitative estimate of drug-likeness (QED) is 0.740. The lowest BCUT2D eigenvalue weighted by atomic mass is 10.2. The summed E-state index contributed by atoms with van der Waals surface area (Å²) in [6, 6.07) is 0. The Morgan fingerprint density at radius 1 is 1.53 bits per heavy atom. The van der Waals surface area contributed by atoms with Gasteiger partial charge in [0.05, 0.1) is 0 Å². The van der Waals surface area contributed by atoms with Crippen LogP contribution in [0.1, 0.15) is 29.7 Å². The number of hydrogen-bond acceptors (Lipinski definition) is 2. The number of aromatic nitrogens is 1. The van der Waals surface area contributed by atoms with Gasteiger partial charge in [0.15, 0.2) is 5.01 Å². The third-order valence-electron chi connectivity index (χ3n) is 1.94. The standard InChI is InChI=1S/C9H11ClF3NS/c1-2-6(10)3-4-7-5-14-8(15-7)9(11,12)13/h5-6H,2-4H2,1H3. The van der Waals surface area contributed by atoms with Crippen LogP contribution < -0.4 is 0 Å². The molecule has 15 heavy (non-hydrogen) atoms. The molecule has 6 heteroatoms. The minimum absolute atomic E-state index is 0.0291. The lowest BCUT2D eigenvalue weighted by molar-refractivity contribution is -0.137. The van der Waals surface area contributed by atoms with E-state index in [1.54, 1.807) is 0 Å². The van der Waals surface area contributed by atoms with Crippen molar-refractivity contribution >= 4 is 22.9 Å². The second-order valence-corrected chi connectivity index (χ2v) is 4.91. The van der Waals surface area contributed by atoms with Crippen molar-refractivity contribution in [1.82, 2.24) is 4.98 Å². The molecule has 1 heterocycles. The van der Waals surface area contributed by atoms with Crippen molar-refractivity contribution in [3.63, 3.8) is 0 Å². The summed E-state index contributed by atoms with van der Waals surface area (Å²) in [6.07, 6.45) is -0.958. The van der Waals surface area contributed by atoms with Crippen molar-refractivity contribution in [3.8, 4) is 0 Å². The van der Waals surface area contributed by atoms with Gasteiger partial charge in [-0.1, -0.05) is 6.92 Å². The van der Waals surface area contributed by atoms with Crippen LogP contribution in [0.5, 0.6) is 0 Å². The number of halogens is 4. The van der Waals surface area contributed by atoms with E-state index in [9.17, 15) is 13.2 Å². The molecule has 1 rings (SSSR count). The van der Waals surface area contributed by atoms with Crippen LogP contribution in [-0.2, 0) is 12.6 Å². The number of hydrogen-bond donors (Lipinski definition) is 0. The fourth-order valence-electron chi connectivity index (χ4n) is 1.06. The van der Waals surface area contributed by atoms with Gasteiger partial charge in [-0.05, 0) is 19.3 Å². The summed E-state index contributed by atoms with van der Waals surface area (Å²) in [4.78, 5) is 3.98. The first-order valence-corrected chi connectivity index (χ1v) is 5.84. The van der Waals surface area contributed by atoms with Gasteiger partial charge >= 0.3 is 6.18 Å². The van der Waals surface area contributed by atoms with Gasteiger partial charge in [-0.3, -0.25) is 0 Å². The van der Waals surface area contributed by atoms with Gasteiger partial charge in [-0.15, -0.1) is 22.9 Å². The number of nitrogens with zero attached hydrogens (tertiary/aromatic N) is 1. The van der Waals surface area contributed by atoms with Crippen LogP contribution in [0, 0.1) is 0 Å². The number of aryl methyl sites for hydroxylation is 1. The Kier molecular flexibility index (Phi) is 4.40. The van der Waals surface area contributed by atoms with Crippen LogP contribution in [0.15, 0.2) is 6.20 Å². The topological polar surface area (TPSA) is 12.9 Å². The van der Waals surface area contributed by atoms with Crippen LogP contribution in [0.4, 0.5) is 13.2 Å². The molecule has 0 aliphatic rings. The molecule has 1 atom stereocenters. The first kappa shape index (κ1) is 12.8. The zero-order valence-corrected chi connectivity index (χ0v) is 9.72. The van der Waals surface area contributed by atoms with Gasteiger partial charge in [0, 0.05) is 16.5 Å². The lowest BCUT2D eigenvalue weighted by Crippen LogP contribution is -2.02. The summed E-state index contributed by atoms with van der Waals surface area (Å²) in [7, 11) is 0. The SMILES string of the molecule is CCC(Cl)CCc1cnc(C(F)(F)F)s1. The molecule has 0 aliphatic heterocycles. The van der Waals surface area contributed by atoms with Crippen molar-refractivity contribution in [2.24, 2.45) is 0 Å². The third-order valence-corrected chi connectivity index (χ3v) is 3.57. The van der Waals surface area contributed by atoms with Gasteiger partial charge in [-0.2, -0.15) is 13.2 Å². The van der Waals surface area contributed by atoms with E-state index in [4.69, 9.17) is 11.6 Å². The molecule has 1 nitrogen and oxygen atoms in total. The first-order chi connectivity index (χ1) is 6.93. The van der Waals surface area contributed by atoms with E-state index in [-0.39, 0.29) is 5.38 Å². The fraction of sp³-hybridized carbons (Fsp3) is 0.667. The van der Waals surface area contributed by atoms with E-state index in [0.717, 1.165) is 6.42 Å².